The molecule has 1 saturated heterocycles. The van der Waals surface area contributed by atoms with Crippen LogP contribution in [0.5, 0.6) is 0 Å². The van der Waals surface area contributed by atoms with E-state index in [2.05, 4.69) is 49.4 Å². The summed E-state index contributed by atoms with van der Waals surface area (Å²) in [5.74, 6) is 0. The molecule has 1 unspecified atom stereocenters. The highest BCUT2D eigenvalue weighted by Crippen LogP contribution is 2.43. The summed E-state index contributed by atoms with van der Waals surface area (Å²) in [4.78, 5) is 0. The van der Waals surface area contributed by atoms with Crippen molar-refractivity contribution in [2.24, 2.45) is 0 Å². The number of hydrogen-bond donors (Lipinski definition) is 1. The number of aliphatic hydroxyl groups is 1. The molecular weight excluding hydrogens is 400 g/mol. The van der Waals surface area contributed by atoms with Crippen LogP contribution in [0.2, 0.25) is 0 Å². The highest BCUT2D eigenvalue weighted by Gasteiger charge is 2.46. The van der Waals surface area contributed by atoms with Gasteiger partial charge in [-0.3, -0.25) is 0 Å². The van der Waals surface area contributed by atoms with Gasteiger partial charge in [-0.05, 0) is 47.8 Å². The number of hydrogen-bond acceptors (Lipinski definition) is 4. The van der Waals surface area contributed by atoms with Crippen LogP contribution in [-0.4, -0.2) is 36.3 Å². The third-order valence-electron chi connectivity index (χ3n) is 6.41. The van der Waals surface area contributed by atoms with E-state index in [1.54, 1.807) is 0 Å². The van der Waals surface area contributed by atoms with Crippen LogP contribution >= 0.6 is 0 Å². The number of aryl methyl sites for hydroxylation is 1. The molecule has 4 nitrogen and oxygen atoms in total. The molecule has 4 atom stereocenters. The summed E-state index contributed by atoms with van der Waals surface area (Å²) in [5.41, 5.74) is 4.43. The van der Waals surface area contributed by atoms with Gasteiger partial charge in [-0.25, -0.2) is 0 Å². The Morgan fingerprint density at radius 1 is 0.844 bits per heavy atom. The smallest absolute Gasteiger partial charge is 0.156 e. The average Bonchev–Trinajstić information content (AvgIpc) is 3.35. The maximum absolute atomic E-state index is 10.5. The maximum atomic E-state index is 10.5. The lowest BCUT2D eigenvalue weighted by atomic mass is 9.78. The fraction of sp³-hybridized carbons (Fsp3) is 0.286. The van der Waals surface area contributed by atoms with Crippen molar-refractivity contribution in [3.8, 4) is 0 Å². The molecule has 4 heteroatoms. The molecule has 1 heterocycles. The van der Waals surface area contributed by atoms with Crippen LogP contribution in [0.4, 0.5) is 0 Å². The molecule has 5 rings (SSSR count). The predicted molar refractivity (Wildman–Crippen MR) is 123 cm³/mol. The van der Waals surface area contributed by atoms with E-state index in [9.17, 15) is 5.11 Å². The summed E-state index contributed by atoms with van der Waals surface area (Å²) < 4.78 is 18.6. The van der Waals surface area contributed by atoms with Crippen LogP contribution in [0, 0.1) is 6.92 Å². The van der Waals surface area contributed by atoms with E-state index in [1.165, 1.54) is 0 Å². The Balaban J connectivity index is 1.62. The van der Waals surface area contributed by atoms with Crippen LogP contribution < -0.4 is 0 Å². The molecule has 1 N–H and O–H groups in total. The minimum atomic E-state index is -0.817. The van der Waals surface area contributed by atoms with Gasteiger partial charge in [0.25, 0.3) is 0 Å². The van der Waals surface area contributed by atoms with Gasteiger partial charge in [-0.1, -0.05) is 84.9 Å². The molecule has 1 aliphatic carbocycles. The zero-order valence-corrected chi connectivity index (χ0v) is 18.3. The summed E-state index contributed by atoms with van der Waals surface area (Å²) >= 11 is 0. The third-order valence-corrected chi connectivity index (χ3v) is 6.41. The van der Waals surface area contributed by atoms with Crippen molar-refractivity contribution in [1.29, 1.82) is 0 Å². The molecule has 32 heavy (non-hydrogen) atoms. The first-order chi connectivity index (χ1) is 15.6. The van der Waals surface area contributed by atoms with Crippen molar-refractivity contribution < 1.29 is 19.3 Å². The fourth-order valence-electron chi connectivity index (χ4n) is 4.93. The molecule has 1 aliphatic heterocycles. The van der Waals surface area contributed by atoms with Crippen LogP contribution in [-0.2, 0) is 19.8 Å². The van der Waals surface area contributed by atoms with Crippen LogP contribution in [0.25, 0.3) is 0 Å². The van der Waals surface area contributed by atoms with Crippen molar-refractivity contribution >= 4 is 0 Å². The van der Waals surface area contributed by atoms with Crippen LogP contribution in [0.15, 0.2) is 96.6 Å². The van der Waals surface area contributed by atoms with E-state index < -0.39 is 11.7 Å². The first-order valence-corrected chi connectivity index (χ1v) is 11.1. The topological polar surface area (TPSA) is 47.9 Å². The van der Waals surface area contributed by atoms with E-state index in [0.29, 0.717) is 6.61 Å². The Morgan fingerprint density at radius 2 is 1.44 bits per heavy atom. The third kappa shape index (κ3) is 3.59. The fourth-order valence-corrected chi connectivity index (χ4v) is 4.93. The number of fused-ring (bicyclic) bond motifs is 1. The highest BCUT2D eigenvalue weighted by atomic mass is 16.7. The molecule has 0 aromatic heterocycles. The minimum absolute atomic E-state index is 0.291. The van der Waals surface area contributed by atoms with Crippen molar-refractivity contribution in [3.05, 3.63) is 119 Å². The molecule has 164 valence electrons. The van der Waals surface area contributed by atoms with Gasteiger partial charge in [0, 0.05) is 0 Å². The van der Waals surface area contributed by atoms with Gasteiger partial charge in [-0.15, -0.1) is 0 Å². The molecule has 0 amide bonds. The Hall–Kier alpha value is -2.76. The van der Waals surface area contributed by atoms with Crippen molar-refractivity contribution in [2.75, 3.05) is 6.61 Å². The summed E-state index contributed by atoms with van der Waals surface area (Å²) in [6, 6.07) is 29.0. The first kappa shape index (κ1) is 21.1. The molecule has 3 aromatic rings. The molecule has 0 spiro atoms. The molecule has 2 aliphatic rings. The molecule has 0 bridgehead atoms. The maximum Gasteiger partial charge on any atom is 0.156 e. The number of rotatable bonds is 6. The second-order valence-corrected chi connectivity index (χ2v) is 8.47. The Bertz CT molecular complexity index is 1050. The molecule has 1 fully saturated rings. The number of aliphatic hydroxyl groups excluding tert-OH is 1. The van der Waals surface area contributed by atoms with Crippen molar-refractivity contribution in [1.82, 2.24) is 0 Å². The Kier molecular flexibility index (Phi) is 5.70. The van der Waals surface area contributed by atoms with Gasteiger partial charge < -0.3 is 19.3 Å². The van der Waals surface area contributed by atoms with Gasteiger partial charge in [0.2, 0.25) is 0 Å². The molecule has 3 aromatic carbocycles. The summed E-state index contributed by atoms with van der Waals surface area (Å²) in [7, 11) is 0. The van der Waals surface area contributed by atoms with E-state index in [4.69, 9.17) is 14.2 Å². The van der Waals surface area contributed by atoms with E-state index in [-0.39, 0.29) is 18.5 Å². The second kappa shape index (κ2) is 8.64. The normalized spacial score (nSPS) is 24.9. The van der Waals surface area contributed by atoms with Gasteiger partial charge >= 0.3 is 0 Å². The standard InChI is InChI=1S/C28H28O4/c1-19-11-9-10-16-24(19)28(22-12-5-3-6-13-22,23-14-7-4-8-15-23)30-18-21-17-25(29)27-26(21)31-20(2)32-27/h3-17,20,25-27,29H,18H2,1-2H3/t20?,25-,26+,27-/m0/s1. The largest absolute Gasteiger partial charge is 0.386 e. The van der Waals surface area contributed by atoms with Gasteiger partial charge in [-0.2, -0.15) is 0 Å². The second-order valence-electron chi connectivity index (χ2n) is 8.47. The number of ether oxygens (including phenoxy) is 3. The minimum Gasteiger partial charge on any atom is -0.386 e. The van der Waals surface area contributed by atoms with Gasteiger partial charge in [0.05, 0.1) is 6.61 Å². The SMILES string of the molecule is Cc1ccccc1C(OCC1=C[C@H](O)[C@@H]2OC(C)O[C@H]12)(c1ccccc1)c1ccccc1. The summed E-state index contributed by atoms with van der Waals surface area (Å²) in [6.45, 7) is 4.28. The lowest BCUT2D eigenvalue weighted by molar-refractivity contribution is -0.0657. The van der Waals surface area contributed by atoms with Gasteiger partial charge in [0.1, 0.15) is 23.9 Å². The molecule has 0 saturated carbocycles. The average molecular weight is 429 g/mol. The monoisotopic (exact) mass is 428 g/mol. The van der Waals surface area contributed by atoms with E-state index >= 15 is 0 Å². The lowest BCUT2D eigenvalue weighted by Crippen LogP contribution is -2.35. The van der Waals surface area contributed by atoms with Crippen molar-refractivity contribution in [3.63, 3.8) is 0 Å². The van der Waals surface area contributed by atoms with Gasteiger partial charge in [0.15, 0.2) is 6.29 Å². The highest BCUT2D eigenvalue weighted by molar-refractivity contribution is 5.50. The quantitative estimate of drug-likeness (QED) is 0.455. The first-order valence-electron chi connectivity index (χ1n) is 11.1. The lowest BCUT2D eigenvalue weighted by Gasteiger charge is -2.37. The van der Waals surface area contributed by atoms with Crippen LogP contribution in [0.3, 0.4) is 0 Å². The van der Waals surface area contributed by atoms with E-state index in [0.717, 1.165) is 27.8 Å². The summed E-state index contributed by atoms with van der Waals surface area (Å²) in [6.07, 6.45) is 0.128. The van der Waals surface area contributed by atoms with E-state index in [1.807, 2.05) is 55.5 Å². The van der Waals surface area contributed by atoms with Crippen LogP contribution in [0.1, 0.15) is 29.2 Å². The van der Waals surface area contributed by atoms with Crippen molar-refractivity contribution in [2.45, 2.75) is 44.1 Å². The molecular formula is C28H28O4. The zero-order chi connectivity index (χ0) is 22.1. The Morgan fingerprint density at radius 3 is 2.06 bits per heavy atom. The summed E-state index contributed by atoms with van der Waals surface area (Å²) in [5, 5.41) is 10.5. The number of benzene rings is 3. The predicted octanol–water partition coefficient (Wildman–Crippen LogP) is 4.73. The molecule has 0 radical (unpaired) electrons. The Labute approximate surface area is 189 Å². The zero-order valence-electron chi connectivity index (χ0n) is 18.3.